The van der Waals surface area contributed by atoms with Crippen molar-refractivity contribution in [2.45, 2.75) is 0 Å². The Balaban J connectivity index is 1.84. The molecule has 0 bridgehead atoms. The number of fused-ring (bicyclic) bond motifs is 3. The Morgan fingerprint density at radius 3 is 2.26 bits per heavy atom. The van der Waals surface area contributed by atoms with Crippen molar-refractivity contribution in [1.82, 2.24) is 14.4 Å². The molecule has 0 aliphatic heterocycles. The molecule has 2 aromatic heterocycles. The maximum Gasteiger partial charge on any atom is 0.235 e. The molecule has 0 atom stereocenters. The molecule has 0 amide bonds. The summed E-state index contributed by atoms with van der Waals surface area (Å²) in [5.74, 6) is 1.53. The van der Waals surface area contributed by atoms with Gasteiger partial charge in [0.1, 0.15) is 5.75 Å². The van der Waals surface area contributed by atoms with Gasteiger partial charge >= 0.3 is 0 Å². The van der Waals surface area contributed by atoms with Crippen molar-refractivity contribution >= 4 is 16.8 Å². The molecule has 0 aliphatic carbocycles. The van der Waals surface area contributed by atoms with Crippen molar-refractivity contribution in [2.24, 2.45) is 0 Å². The van der Waals surface area contributed by atoms with Gasteiger partial charge in [-0.3, -0.25) is 4.40 Å². The smallest absolute Gasteiger partial charge is 0.235 e. The molecular formula is C23H17N3O. The van der Waals surface area contributed by atoms with E-state index in [1.165, 1.54) is 0 Å². The average Bonchev–Trinajstić information content (AvgIpc) is 3.12. The van der Waals surface area contributed by atoms with E-state index in [2.05, 4.69) is 40.8 Å². The van der Waals surface area contributed by atoms with E-state index in [9.17, 15) is 0 Å². The lowest BCUT2D eigenvalue weighted by atomic mass is 10.1. The molecule has 0 fully saturated rings. The molecule has 5 aromatic rings. The number of methoxy groups -OCH3 is 1. The van der Waals surface area contributed by atoms with E-state index < -0.39 is 0 Å². The fraction of sp³-hybridized carbons (Fsp3) is 0.0435. The fourth-order valence-electron chi connectivity index (χ4n) is 3.39. The quantitative estimate of drug-likeness (QED) is 0.447. The molecule has 27 heavy (non-hydrogen) atoms. The third-order valence-corrected chi connectivity index (χ3v) is 4.73. The van der Waals surface area contributed by atoms with Crippen molar-refractivity contribution in [3.63, 3.8) is 0 Å². The first-order valence-corrected chi connectivity index (χ1v) is 8.81. The largest absolute Gasteiger partial charge is 0.497 e. The highest BCUT2D eigenvalue weighted by Gasteiger charge is 2.14. The van der Waals surface area contributed by atoms with Gasteiger partial charge in [-0.25, -0.2) is 9.97 Å². The molecule has 0 saturated carbocycles. The van der Waals surface area contributed by atoms with Gasteiger partial charge in [0.25, 0.3) is 0 Å². The van der Waals surface area contributed by atoms with E-state index >= 15 is 0 Å². The molecule has 4 heteroatoms. The number of nitrogens with zero attached hydrogens (tertiary/aromatic N) is 3. The molecule has 4 nitrogen and oxygen atoms in total. The number of ether oxygens (including phenoxy) is 1. The number of hydrogen-bond acceptors (Lipinski definition) is 3. The normalized spacial score (nSPS) is 11.1. The topological polar surface area (TPSA) is 39.4 Å². The van der Waals surface area contributed by atoms with Gasteiger partial charge in [-0.2, -0.15) is 0 Å². The monoisotopic (exact) mass is 351 g/mol. The summed E-state index contributed by atoms with van der Waals surface area (Å²) >= 11 is 0. The molecule has 3 aromatic carbocycles. The van der Waals surface area contributed by atoms with Crippen molar-refractivity contribution < 1.29 is 4.74 Å². The van der Waals surface area contributed by atoms with Crippen LogP contribution in [0, 0.1) is 0 Å². The summed E-state index contributed by atoms with van der Waals surface area (Å²) in [5.41, 5.74) is 6.10. The minimum absolute atomic E-state index is 0.698. The minimum Gasteiger partial charge on any atom is -0.497 e. The Morgan fingerprint density at radius 1 is 0.741 bits per heavy atom. The van der Waals surface area contributed by atoms with Gasteiger partial charge in [0.05, 0.1) is 29.5 Å². The Bertz CT molecular complexity index is 1240. The Morgan fingerprint density at radius 2 is 1.48 bits per heavy atom. The lowest BCUT2D eigenvalue weighted by Crippen LogP contribution is -1.97. The second-order valence-electron chi connectivity index (χ2n) is 6.36. The zero-order valence-electron chi connectivity index (χ0n) is 14.8. The Kier molecular flexibility index (Phi) is 3.61. The van der Waals surface area contributed by atoms with Crippen LogP contribution in [0.3, 0.4) is 0 Å². The summed E-state index contributed by atoms with van der Waals surface area (Å²) in [7, 11) is 1.68. The van der Waals surface area contributed by atoms with Crippen molar-refractivity contribution in [3.8, 4) is 28.3 Å². The van der Waals surface area contributed by atoms with Crippen molar-refractivity contribution in [2.75, 3.05) is 7.11 Å². The SMILES string of the molecule is COc1ccc(-c2cc(-c3ccccc3)nc3nc4ccccc4n23)cc1. The van der Waals surface area contributed by atoms with Crippen molar-refractivity contribution in [3.05, 3.63) is 84.9 Å². The molecule has 0 radical (unpaired) electrons. The molecule has 0 aliphatic rings. The van der Waals surface area contributed by atoms with Crippen molar-refractivity contribution in [1.29, 1.82) is 0 Å². The summed E-state index contributed by atoms with van der Waals surface area (Å²) in [4.78, 5) is 9.58. The second kappa shape index (κ2) is 6.25. The number of rotatable bonds is 3. The lowest BCUT2D eigenvalue weighted by Gasteiger charge is -2.10. The third-order valence-electron chi connectivity index (χ3n) is 4.73. The fourth-order valence-corrected chi connectivity index (χ4v) is 3.39. The van der Waals surface area contributed by atoms with E-state index in [-0.39, 0.29) is 0 Å². The molecule has 0 spiro atoms. The summed E-state index contributed by atoms with van der Waals surface area (Å²) in [6.07, 6.45) is 0. The summed E-state index contributed by atoms with van der Waals surface area (Å²) < 4.78 is 7.42. The van der Waals surface area contributed by atoms with E-state index in [4.69, 9.17) is 14.7 Å². The number of para-hydroxylation sites is 2. The Hall–Kier alpha value is -3.66. The van der Waals surface area contributed by atoms with Crippen LogP contribution in [-0.4, -0.2) is 21.5 Å². The summed E-state index contributed by atoms with van der Waals surface area (Å²) in [6.45, 7) is 0. The first-order valence-electron chi connectivity index (χ1n) is 8.81. The molecule has 0 saturated heterocycles. The van der Waals surface area contributed by atoms with E-state index in [0.717, 1.165) is 39.3 Å². The van der Waals surface area contributed by atoms with Crippen LogP contribution in [0.15, 0.2) is 84.9 Å². The number of aromatic nitrogens is 3. The predicted octanol–water partition coefficient (Wildman–Crippen LogP) is 5.23. The van der Waals surface area contributed by atoms with Crippen LogP contribution in [0.25, 0.3) is 39.3 Å². The second-order valence-corrected chi connectivity index (χ2v) is 6.36. The van der Waals surface area contributed by atoms with Crippen LogP contribution >= 0.6 is 0 Å². The van der Waals surface area contributed by atoms with Crippen LogP contribution in [0.1, 0.15) is 0 Å². The predicted molar refractivity (Wildman–Crippen MR) is 108 cm³/mol. The van der Waals surface area contributed by atoms with Crippen LogP contribution < -0.4 is 4.74 Å². The maximum absolute atomic E-state index is 5.31. The van der Waals surface area contributed by atoms with E-state index in [1.807, 2.05) is 48.5 Å². The molecule has 130 valence electrons. The number of hydrogen-bond donors (Lipinski definition) is 0. The minimum atomic E-state index is 0.698. The maximum atomic E-state index is 5.31. The summed E-state index contributed by atoms with van der Waals surface area (Å²) in [5, 5.41) is 0. The van der Waals surface area contributed by atoms with Crippen LogP contribution in [0.2, 0.25) is 0 Å². The first-order chi connectivity index (χ1) is 13.3. The number of imidazole rings is 1. The van der Waals surface area contributed by atoms with Gasteiger partial charge in [-0.1, -0.05) is 42.5 Å². The highest BCUT2D eigenvalue weighted by atomic mass is 16.5. The lowest BCUT2D eigenvalue weighted by molar-refractivity contribution is 0.415. The zero-order chi connectivity index (χ0) is 18.2. The van der Waals surface area contributed by atoms with E-state index in [1.54, 1.807) is 7.11 Å². The molecule has 0 unspecified atom stereocenters. The third kappa shape index (κ3) is 2.62. The van der Waals surface area contributed by atoms with E-state index in [0.29, 0.717) is 5.78 Å². The van der Waals surface area contributed by atoms with Gasteiger partial charge in [0, 0.05) is 5.56 Å². The van der Waals surface area contributed by atoms with Gasteiger partial charge < -0.3 is 4.74 Å². The molecule has 2 heterocycles. The van der Waals surface area contributed by atoms with Gasteiger partial charge in [0.2, 0.25) is 5.78 Å². The number of benzene rings is 3. The van der Waals surface area contributed by atoms with Crippen LogP contribution in [-0.2, 0) is 0 Å². The zero-order valence-corrected chi connectivity index (χ0v) is 14.8. The van der Waals surface area contributed by atoms with Gasteiger partial charge in [0.15, 0.2) is 0 Å². The average molecular weight is 351 g/mol. The van der Waals surface area contributed by atoms with Crippen LogP contribution in [0.5, 0.6) is 5.75 Å². The molecule has 5 rings (SSSR count). The first kappa shape index (κ1) is 15.6. The Labute approximate surface area is 156 Å². The standard InChI is InChI=1S/C23H17N3O/c1-27-18-13-11-17(12-14-18)22-15-20(16-7-3-2-4-8-16)25-23-24-19-9-5-6-10-21(19)26(22)23/h2-15H,1H3. The highest BCUT2D eigenvalue weighted by Crippen LogP contribution is 2.30. The molecular weight excluding hydrogens is 334 g/mol. The van der Waals surface area contributed by atoms with Crippen LogP contribution in [0.4, 0.5) is 0 Å². The summed E-state index contributed by atoms with van der Waals surface area (Å²) in [6, 6.07) is 28.5. The molecule has 0 N–H and O–H groups in total. The van der Waals surface area contributed by atoms with Gasteiger partial charge in [-0.15, -0.1) is 0 Å². The highest BCUT2D eigenvalue weighted by molar-refractivity contribution is 5.84. The van der Waals surface area contributed by atoms with Gasteiger partial charge in [-0.05, 0) is 48.0 Å².